The molecule has 0 bridgehead atoms. The summed E-state index contributed by atoms with van der Waals surface area (Å²) in [7, 11) is 0. The number of carboxylic acids is 1. The second-order valence-electron chi connectivity index (χ2n) is 7.02. The first-order valence-electron chi connectivity index (χ1n) is 9.85. The van der Waals surface area contributed by atoms with Crippen molar-refractivity contribution in [3.05, 3.63) is 22.6 Å². The molecule has 0 aliphatic carbocycles. The highest BCUT2D eigenvalue weighted by atomic mass is 16.4. The van der Waals surface area contributed by atoms with Gasteiger partial charge in [-0.2, -0.15) is 0 Å². The molecule has 3 heteroatoms. The van der Waals surface area contributed by atoms with Crippen LogP contribution in [0, 0.1) is 13.8 Å². The van der Waals surface area contributed by atoms with Gasteiger partial charge in [0.25, 0.3) is 0 Å². The predicted molar refractivity (Wildman–Crippen MR) is 99.7 cm³/mol. The number of hydrogen-bond donors (Lipinski definition) is 1. The predicted octanol–water partition coefficient (Wildman–Crippen LogP) is 6.38. The first kappa shape index (κ1) is 20.8. The first-order valence-corrected chi connectivity index (χ1v) is 9.85. The number of aliphatic carboxylic acids is 1. The van der Waals surface area contributed by atoms with Gasteiger partial charge in [-0.25, -0.2) is 0 Å². The Hall–Kier alpha value is -1.25. The summed E-state index contributed by atoms with van der Waals surface area (Å²) >= 11 is 0. The van der Waals surface area contributed by atoms with Crippen LogP contribution in [0.3, 0.4) is 0 Å². The molecule has 24 heavy (non-hydrogen) atoms. The Bertz CT molecular complexity index is 474. The van der Waals surface area contributed by atoms with E-state index in [9.17, 15) is 4.79 Å². The quantitative estimate of drug-likeness (QED) is 0.401. The van der Waals surface area contributed by atoms with Gasteiger partial charge < -0.3 is 9.52 Å². The van der Waals surface area contributed by atoms with Crippen LogP contribution in [0.5, 0.6) is 0 Å². The molecule has 0 atom stereocenters. The van der Waals surface area contributed by atoms with Crippen molar-refractivity contribution < 1.29 is 14.3 Å². The third-order valence-corrected chi connectivity index (χ3v) is 4.95. The maximum atomic E-state index is 10.4. The summed E-state index contributed by atoms with van der Waals surface area (Å²) < 4.78 is 6.09. The summed E-state index contributed by atoms with van der Waals surface area (Å²) in [5.74, 6) is 1.73. The van der Waals surface area contributed by atoms with Crippen LogP contribution in [0.25, 0.3) is 0 Å². The SMILES string of the molecule is CCCCc1oc(CCCCCCCCCCC(=O)O)c(C)c1C. The van der Waals surface area contributed by atoms with Gasteiger partial charge in [-0.3, -0.25) is 4.79 Å². The Morgan fingerprint density at radius 1 is 0.792 bits per heavy atom. The van der Waals surface area contributed by atoms with Crippen molar-refractivity contribution in [2.75, 3.05) is 0 Å². The molecule has 0 fully saturated rings. The molecule has 1 aromatic heterocycles. The normalized spacial score (nSPS) is 11.1. The fourth-order valence-corrected chi connectivity index (χ4v) is 3.16. The van der Waals surface area contributed by atoms with E-state index in [0.29, 0.717) is 6.42 Å². The summed E-state index contributed by atoms with van der Waals surface area (Å²) in [5.41, 5.74) is 2.72. The Kier molecular flexibility index (Phi) is 10.5. The van der Waals surface area contributed by atoms with Gasteiger partial charge in [-0.1, -0.05) is 51.9 Å². The van der Waals surface area contributed by atoms with Crippen molar-refractivity contribution in [1.29, 1.82) is 0 Å². The molecule has 0 radical (unpaired) electrons. The lowest BCUT2D eigenvalue weighted by atomic mass is 10.0. The summed E-state index contributed by atoms with van der Waals surface area (Å²) in [5, 5.41) is 8.58. The van der Waals surface area contributed by atoms with Gasteiger partial charge in [0.15, 0.2) is 0 Å². The largest absolute Gasteiger partial charge is 0.481 e. The smallest absolute Gasteiger partial charge is 0.303 e. The van der Waals surface area contributed by atoms with E-state index in [1.807, 2.05) is 0 Å². The zero-order valence-electron chi connectivity index (χ0n) is 16.0. The van der Waals surface area contributed by atoms with E-state index in [4.69, 9.17) is 9.52 Å². The van der Waals surface area contributed by atoms with Crippen LogP contribution in [0.15, 0.2) is 4.42 Å². The molecule has 0 unspecified atom stereocenters. The zero-order valence-corrected chi connectivity index (χ0v) is 16.0. The van der Waals surface area contributed by atoms with Gasteiger partial charge >= 0.3 is 5.97 Å². The van der Waals surface area contributed by atoms with Gasteiger partial charge in [-0.15, -0.1) is 0 Å². The van der Waals surface area contributed by atoms with Gasteiger partial charge in [-0.05, 0) is 44.2 Å². The highest BCUT2D eigenvalue weighted by Gasteiger charge is 2.12. The summed E-state index contributed by atoms with van der Waals surface area (Å²) in [6.07, 6.45) is 14.2. The number of rotatable bonds is 14. The molecule has 1 aromatic rings. The summed E-state index contributed by atoms with van der Waals surface area (Å²) in [6, 6.07) is 0. The highest BCUT2D eigenvalue weighted by Crippen LogP contribution is 2.24. The number of carbonyl (C=O) groups is 1. The molecule has 0 saturated carbocycles. The topological polar surface area (TPSA) is 50.4 Å². The lowest BCUT2D eigenvalue weighted by Gasteiger charge is -2.02. The maximum absolute atomic E-state index is 10.4. The van der Waals surface area contributed by atoms with Crippen molar-refractivity contribution in [3.8, 4) is 0 Å². The van der Waals surface area contributed by atoms with E-state index in [-0.39, 0.29) is 0 Å². The Morgan fingerprint density at radius 2 is 1.25 bits per heavy atom. The van der Waals surface area contributed by atoms with E-state index >= 15 is 0 Å². The van der Waals surface area contributed by atoms with Crippen LogP contribution in [0.2, 0.25) is 0 Å². The van der Waals surface area contributed by atoms with Crippen molar-refractivity contribution in [3.63, 3.8) is 0 Å². The number of unbranched alkanes of at least 4 members (excludes halogenated alkanes) is 8. The molecule has 0 aliphatic rings. The lowest BCUT2D eigenvalue weighted by Crippen LogP contribution is -1.93. The Balaban J connectivity index is 2.10. The fourth-order valence-electron chi connectivity index (χ4n) is 3.16. The molecule has 1 N–H and O–H groups in total. The molecule has 1 heterocycles. The highest BCUT2D eigenvalue weighted by molar-refractivity contribution is 5.66. The molecular formula is C21H36O3. The minimum atomic E-state index is -0.670. The minimum absolute atomic E-state index is 0.322. The number of carboxylic acid groups (broad SMARTS) is 1. The molecule has 0 saturated heterocycles. The average molecular weight is 337 g/mol. The van der Waals surface area contributed by atoms with Crippen molar-refractivity contribution in [2.45, 2.75) is 104 Å². The maximum Gasteiger partial charge on any atom is 0.303 e. The van der Waals surface area contributed by atoms with E-state index in [1.54, 1.807) is 0 Å². The van der Waals surface area contributed by atoms with Crippen LogP contribution in [0.4, 0.5) is 0 Å². The van der Waals surface area contributed by atoms with E-state index in [2.05, 4.69) is 20.8 Å². The first-order chi connectivity index (χ1) is 11.6. The number of furan rings is 1. The zero-order chi connectivity index (χ0) is 17.8. The molecule has 0 amide bonds. The minimum Gasteiger partial charge on any atom is -0.481 e. The van der Waals surface area contributed by atoms with E-state index in [1.165, 1.54) is 74.0 Å². The van der Waals surface area contributed by atoms with Gasteiger partial charge in [0.1, 0.15) is 11.5 Å². The Labute approximate surface area is 147 Å². The average Bonchev–Trinajstić information content (AvgIpc) is 2.82. The molecule has 0 aliphatic heterocycles. The van der Waals surface area contributed by atoms with Crippen LogP contribution in [0.1, 0.15) is 100 Å². The lowest BCUT2D eigenvalue weighted by molar-refractivity contribution is -0.137. The van der Waals surface area contributed by atoms with Crippen molar-refractivity contribution >= 4 is 5.97 Å². The molecule has 1 rings (SSSR count). The van der Waals surface area contributed by atoms with Gasteiger partial charge in [0, 0.05) is 19.3 Å². The molecule has 0 spiro atoms. The van der Waals surface area contributed by atoms with Crippen molar-refractivity contribution in [2.24, 2.45) is 0 Å². The van der Waals surface area contributed by atoms with E-state index in [0.717, 1.165) is 25.7 Å². The van der Waals surface area contributed by atoms with Gasteiger partial charge in [0.2, 0.25) is 0 Å². The number of aryl methyl sites for hydroxylation is 2. The molecular weight excluding hydrogens is 300 g/mol. The van der Waals surface area contributed by atoms with Crippen molar-refractivity contribution in [1.82, 2.24) is 0 Å². The van der Waals surface area contributed by atoms with Crippen LogP contribution >= 0.6 is 0 Å². The molecule has 138 valence electrons. The molecule has 3 nitrogen and oxygen atoms in total. The third kappa shape index (κ3) is 8.03. The standard InChI is InChI=1S/C21H36O3/c1-4-5-14-19-17(2)18(3)20(24-19)15-12-10-8-6-7-9-11-13-16-21(22)23/h4-16H2,1-3H3,(H,22,23). The van der Waals surface area contributed by atoms with Crippen LogP contribution in [-0.4, -0.2) is 11.1 Å². The van der Waals surface area contributed by atoms with Gasteiger partial charge in [0.05, 0.1) is 0 Å². The fraction of sp³-hybridized carbons (Fsp3) is 0.762. The van der Waals surface area contributed by atoms with Crippen LogP contribution < -0.4 is 0 Å². The second-order valence-corrected chi connectivity index (χ2v) is 7.02. The number of hydrogen-bond acceptors (Lipinski definition) is 2. The van der Waals surface area contributed by atoms with E-state index < -0.39 is 5.97 Å². The third-order valence-electron chi connectivity index (χ3n) is 4.95. The summed E-state index contributed by atoms with van der Waals surface area (Å²) in [6.45, 7) is 6.61. The second kappa shape index (κ2) is 12.2. The monoisotopic (exact) mass is 336 g/mol. The Morgan fingerprint density at radius 3 is 1.75 bits per heavy atom. The summed E-state index contributed by atoms with van der Waals surface area (Å²) in [4.78, 5) is 10.4. The molecule has 0 aromatic carbocycles. The van der Waals surface area contributed by atoms with Crippen LogP contribution in [-0.2, 0) is 17.6 Å².